The van der Waals surface area contributed by atoms with E-state index in [4.69, 9.17) is 0 Å². The van der Waals surface area contributed by atoms with Crippen molar-refractivity contribution in [3.05, 3.63) is 69.5 Å². The standard InChI is InChI=1S/C17H15N5O3/c1-10-14(7-4-8-15(10)22(24)25)17(23)19-13-6-3-5-12(9-13)16-18-11(2)20-21-16/h3-9H,1-2H3,(H,19,23)(H,18,20,21). The highest BCUT2D eigenvalue weighted by Crippen LogP contribution is 2.23. The van der Waals surface area contributed by atoms with Crippen LogP contribution < -0.4 is 5.32 Å². The highest BCUT2D eigenvalue weighted by atomic mass is 16.6. The van der Waals surface area contributed by atoms with Crippen LogP contribution in [0.2, 0.25) is 0 Å². The Morgan fingerprint density at radius 2 is 1.96 bits per heavy atom. The van der Waals surface area contributed by atoms with E-state index in [9.17, 15) is 14.9 Å². The monoisotopic (exact) mass is 337 g/mol. The maximum Gasteiger partial charge on any atom is 0.273 e. The van der Waals surface area contributed by atoms with Crippen molar-refractivity contribution in [1.29, 1.82) is 0 Å². The number of hydrogen-bond acceptors (Lipinski definition) is 5. The first-order chi connectivity index (χ1) is 12.0. The Morgan fingerprint density at radius 3 is 2.64 bits per heavy atom. The Bertz CT molecular complexity index is 964. The van der Waals surface area contributed by atoms with Crippen LogP contribution in [-0.4, -0.2) is 26.0 Å². The zero-order chi connectivity index (χ0) is 18.0. The topological polar surface area (TPSA) is 114 Å². The zero-order valence-electron chi connectivity index (χ0n) is 13.6. The molecule has 0 fully saturated rings. The number of hydrogen-bond donors (Lipinski definition) is 2. The minimum atomic E-state index is -0.502. The molecule has 0 aliphatic heterocycles. The number of aryl methyl sites for hydroxylation is 1. The first-order valence-electron chi connectivity index (χ1n) is 7.50. The smallest absolute Gasteiger partial charge is 0.273 e. The van der Waals surface area contributed by atoms with Crippen LogP contribution in [0.1, 0.15) is 21.7 Å². The summed E-state index contributed by atoms with van der Waals surface area (Å²) in [7, 11) is 0. The molecule has 3 aromatic rings. The van der Waals surface area contributed by atoms with Crippen LogP contribution in [0, 0.1) is 24.0 Å². The lowest BCUT2D eigenvalue weighted by Gasteiger charge is -2.08. The normalized spacial score (nSPS) is 10.5. The molecule has 126 valence electrons. The van der Waals surface area contributed by atoms with Gasteiger partial charge in [-0.2, -0.15) is 5.10 Å². The van der Waals surface area contributed by atoms with Crippen molar-refractivity contribution in [2.24, 2.45) is 0 Å². The predicted molar refractivity (Wildman–Crippen MR) is 92.3 cm³/mol. The lowest BCUT2D eigenvalue weighted by atomic mass is 10.1. The molecule has 0 saturated heterocycles. The van der Waals surface area contributed by atoms with Gasteiger partial charge in [0.1, 0.15) is 5.82 Å². The Balaban J connectivity index is 1.87. The van der Waals surface area contributed by atoms with Crippen LogP contribution in [-0.2, 0) is 0 Å². The molecule has 0 bridgehead atoms. The number of carbonyl (C=O) groups excluding carboxylic acids is 1. The van der Waals surface area contributed by atoms with E-state index in [0.29, 0.717) is 22.9 Å². The second-order valence-electron chi connectivity index (χ2n) is 5.49. The van der Waals surface area contributed by atoms with Gasteiger partial charge in [-0.1, -0.05) is 18.2 Å². The summed E-state index contributed by atoms with van der Waals surface area (Å²) in [5.41, 5.74) is 1.80. The summed E-state index contributed by atoms with van der Waals surface area (Å²) in [4.78, 5) is 27.3. The second kappa shape index (κ2) is 6.52. The lowest BCUT2D eigenvalue weighted by molar-refractivity contribution is -0.385. The number of benzene rings is 2. The number of aromatic amines is 1. The Hall–Kier alpha value is -3.55. The summed E-state index contributed by atoms with van der Waals surface area (Å²) in [6.07, 6.45) is 0. The van der Waals surface area contributed by atoms with Crippen molar-refractivity contribution in [3.63, 3.8) is 0 Å². The van der Waals surface area contributed by atoms with Crippen molar-refractivity contribution < 1.29 is 9.72 Å². The number of aromatic nitrogens is 3. The molecule has 1 heterocycles. The van der Waals surface area contributed by atoms with Crippen LogP contribution in [0.5, 0.6) is 0 Å². The highest BCUT2D eigenvalue weighted by molar-refractivity contribution is 6.06. The molecular formula is C17H15N5O3. The average molecular weight is 337 g/mol. The molecule has 0 aliphatic carbocycles. The van der Waals surface area contributed by atoms with Crippen LogP contribution in [0.4, 0.5) is 11.4 Å². The summed E-state index contributed by atoms with van der Waals surface area (Å²) in [5, 5.41) is 20.6. The maximum atomic E-state index is 12.5. The number of nitro groups is 1. The molecule has 0 saturated carbocycles. The van der Waals surface area contributed by atoms with Crippen LogP contribution in [0.3, 0.4) is 0 Å². The van der Waals surface area contributed by atoms with Gasteiger partial charge in [0.2, 0.25) is 0 Å². The quantitative estimate of drug-likeness (QED) is 0.560. The Labute approximate surface area is 143 Å². The van der Waals surface area contributed by atoms with Gasteiger partial charge in [-0.25, -0.2) is 4.98 Å². The number of nitrogens with one attached hydrogen (secondary N) is 2. The SMILES string of the molecule is Cc1nc(-c2cccc(NC(=O)c3cccc([N+](=O)[O-])c3C)c2)n[nH]1. The van der Waals surface area contributed by atoms with Crippen molar-refractivity contribution in [2.75, 3.05) is 5.32 Å². The van der Waals surface area contributed by atoms with Crippen LogP contribution in [0.15, 0.2) is 42.5 Å². The van der Waals surface area contributed by atoms with Crippen molar-refractivity contribution in [3.8, 4) is 11.4 Å². The van der Waals surface area contributed by atoms with Crippen molar-refractivity contribution in [2.45, 2.75) is 13.8 Å². The van der Waals surface area contributed by atoms with E-state index in [0.717, 1.165) is 5.56 Å². The average Bonchev–Trinajstić information content (AvgIpc) is 3.01. The number of amides is 1. The van der Waals surface area contributed by atoms with Crippen molar-refractivity contribution >= 4 is 17.3 Å². The summed E-state index contributed by atoms with van der Waals surface area (Å²) in [6.45, 7) is 3.35. The molecule has 1 aromatic heterocycles. The van der Waals surface area contributed by atoms with Crippen molar-refractivity contribution in [1.82, 2.24) is 15.2 Å². The van der Waals surface area contributed by atoms with Gasteiger partial charge in [-0.3, -0.25) is 20.0 Å². The Morgan fingerprint density at radius 1 is 1.20 bits per heavy atom. The molecule has 25 heavy (non-hydrogen) atoms. The van der Waals surface area contributed by atoms with Gasteiger partial charge < -0.3 is 5.32 Å². The molecule has 2 N–H and O–H groups in total. The lowest BCUT2D eigenvalue weighted by Crippen LogP contribution is -2.14. The van der Waals surface area contributed by atoms with Gasteiger partial charge in [0.25, 0.3) is 11.6 Å². The van der Waals surface area contributed by atoms with E-state index >= 15 is 0 Å². The van der Waals surface area contributed by atoms with Gasteiger partial charge in [0.05, 0.1) is 4.92 Å². The molecule has 0 unspecified atom stereocenters. The van der Waals surface area contributed by atoms with Gasteiger partial charge in [0.15, 0.2) is 5.82 Å². The van der Waals surface area contributed by atoms with Gasteiger partial charge in [-0.15, -0.1) is 0 Å². The molecule has 3 rings (SSSR count). The highest BCUT2D eigenvalue weighted by Gasteiger charge is 2.18. The summed E-state index contributed by atoms with van der Waals surface area (Å²) in [6, 6.07) is 11.5. The van der Waals surface area contributed by atoms with E-state index in [-0.39, 0.29) is 11.3 Å². The molecule has 0 aliphatic rings. The largest absolute Gasteiger partial charge is 0.322 e. The zero-order valence-corrected chi connectivity index (χ0v) is 13.6. The number of nitrogens with zero attached hydrogens (tertiary/aromatic N) is 3. The maximum absolute atomic E-state index is 12.5. The fraction of sp³-hybridized carbons (Fsp3) is 0.118. The molecule has 2 aromatic carbocycles. The van der Waals surface area contributed by atoms with E-state index in [2.05, 4.69) is 20.5 Å². The summed E-state index contributed by atoms with van der Waals surface area (Å²) >= 11 is 0. The Kier molecular flexibility index (Phi) is 4.25. The summed E-state index contributed by atoms with van der Waals surface area (Å²) in [5.74, 6) is 0.807. The first-order valence-corrected chi connectivity index (χ1v) is 7.50. The number of H-pyrrole nitrogens is 1. The molecule has 8 heteroatoms. The molecule has 8 nitrogen and oxygen atoms in total. The summed E-state index contributed by atoms with van der Waals surface area (Å²) < 4.78 is 0. The molecule has 0 spiro atoms. The third-order valence-electron chi connectivity index (χ3n) is 3.72. The minimum Gasteiger partial charge on any atom is -0.322 e. The number of carbonyl (C=O) groups is 1. The molecular weight excluding hydrogens is 322 g/mol. The number of rotatable bonds is 4. The van der Waals surface area contributed by atoms with E-state index in [1.54, 1.807) is 38.1 Å². The minimum absolute atomic E-state index is 0.0856. The predicted octanol–water partition coefficient (Wildman–Crippen LogP) is 3.25. The third kappa shape index (κ3) is 3.37. The first kappa shape index (κ1) is 16.3. The van der Waals surface area contributed by atoms with E-state index in [1.807, 2.05) is 6.07 Å². The third-order valence-corrected chi connectivity index (χ3v) is 3.72. The fourth-order valence-corrected chi connectivity index (χ4v) is 2.47. The van der Waals surface area contributed by atoms with Gasteiger partial charge in [-0.05, 0) is 32.0 Å². The fourth-order valence-electron chi connectivity index (χ4n) is 2.47. The van der Waals surface area contributed by atoms with Gasteiger partial charge in [0, 0.05) is 28.4 Å². The van der Waals surface area contributed by atoms with E-state index < -0.39 is 10.8 Å². The van der Waals surface area contributed by atoms with Crippen LogP contribution >= 0.6 is 0 Å². The number of nitro benzene ring substituents is 1. The molecule has 0 atom stereocenters. The molecule has 0 radical (unpaired) electrons. The van der Waals surface area contributed by atoms with Gasteiger partial charge >= 0.3 is 0 Å². The number of anilines is 1. The van der Waals surface area contributed by atoms with E-state index in [1.165, 1.54) is 12.1 Å². The van der Waals surface area contributed by atoms with Crippen LogP contribution in [0.25, 0.3) is 11.4 Å². The molecule has 1 amide bonds. The second-order valence-corrected chi connectivity index (χ2v) is 5.49.